The van der Waals surface area contributed by atoms with Crippen LogP contribution in [0.2, 0.25) is 0 Å². The van der Waals surface area contributed by atoms with Crippen molar-refractivity contribution >= 4 is 57.3 Å². The Bertz CT molecular complexity index is 1950. The average molecular weight is 684 g/mol. The van der Waals surface area contributed by atoms with Crippen LogP contribution in [0.3, 0.4) is 0 Å². The summed E-state index contributed by atoms with van der Waals surface area (Å²) in [4.78, 5) is 89.3. The van der Waals surface area contributed by atoms with Gasteiger partial charge in [0.25, 0.3) is 0 Å². The van der Waals surface area contributed by atoms with Crippen molar-refractivity contribution < 1.29 is 33.9 Å². The van der Waals surface area contributed by atoms with E-state index in [1.54, 1.807) is 26.2 Å². The van der Waals surface area contributed by atoms with Gasteiger partial charge in [-0.2, -0.15) is 0 Å². The lowest BCUT2D eigenvalue weighted by atomic mass is 9.99. The number of H-pyrrole nitrogens is 2. The van der Waals surface area contributed by atoms with E-state index >= 15 is 0 Å². The molecule has 0 radical (unpaired) electrons. The van der Waals surface area contributed by atoms with E-state index in [0.29, 0.717) is 18.4 Å². The number of carbonyl (C=O) groups excluding carboxylic acids is 5. The van der Waals surface area contributed by atoms with Crippen molar-refractivity contribution in [3.05, 3.63) is 72.1 Å². The second-order valence-electron chi connectivity index (χ2n) is 13.3. The summed E-state index contributed by atoms with van der Waals surface area (Å²) in [6, 6.07) is 8.97. The van der Waals surface area contributed by atoms with E-state index in [0.717, 1.165) is 27.4 Å². The Kier molecular flexibility index (Phi) is 9.88. The molecular formula is C36H41N7O7. The van der Waals surface area contributed by atoms with Gasteiger partial charge < -0.3 is 41.2 Å². The lowest BCUT2D eigenvalue weighted by molar-refractivity contribution is -0.146. The van der Waals surface area contributed by atoms with E-state index in [2.05, 4.69) is 31.2 Å². The van der Waals surface area contributed by atoms with Crippen molar-refractivity contribution in [1.29, 1.82) is 0 Å². The number of rotatable bonds is 7. The molecule has 4 heterocycles. The van der Waals surface area contributed by atoms with Crippen molar-refractivity contribution in [2.75, 3.05) is 6.54 Å². The fourth-order valence-corrected chi connectivity index (χ4v) is 6.93. The number of carbonyl (C=O) groups is 6. The van der Waals surface area contributed by atoms with Crippen LogP contribution in [0.15, 0.2) is 60.9 Å². The molecule has 50 heavy (non-hydrogen) atoms. The van der Waals surface area contributed by atoms with Crippen molar-refractivity contribution in [3.8, 4) is 0 Å². The standard InChI is InChI=1S/C36H41N7O7/c1-19(2)31-35(49)40-27(15-21-18-38-25-11-6-4-9-23(21)25)32(46)39-26(14-20-17-37-24-10-5-3-8-22(20)24)33(47)41-28(16-30(44)45)36(50)43-13-7-12-29(43)34(48)42-31/h3-6,8-11,17-19,26-29,31,37-38H,7,12-16H2,1-2H3,(H,39,46)(H,40,49)(H,41,47)(H,42,48)(H,44,45)/t26-,27+,28-,29+,31-/m1/s1. The Morgan fingerprint density at radius 3 is 1.80 bits per heavy atom. The molecule has 4 aromatic rings. The van der Waals surface area contributed by atoms with Gasteiger partial charge >= 0.3 is 5.97 Å². The summed E-state index contributed by atoms with van der Waals surface area (Å²) >= 11 is 0. The second kappa shape index (κ2) is 14.4. The fraction of sp³-hybridized carbons (Fsp3) is 0.389. The molecule has 2 aliphatic heterocycles. The fourth-order valence-electron chi connectivity index (χ4n) is 6.93. The van der Waals surface area contributed by atoms with Crippen LogP contribution in [0, 0.1) is 5.92 Å². The van der Waals surface area contributed by atoms with E-state index in [1.165, 1.54) is 4.90 Å². The SMILES string of the molecule is CC(C)[C@H]1NC(=O)[C@@H]2CCCN2C(=O)[C@@H](CC(=O)O)NC(=O)[C@@H](Cc2c[nH]c3ccccc23)NC(=O)[C@H](Cc2c[nH]c3ccccc23)NC1=O. The van der Waals surface area contributed by atoms with Crippen molar-refractivity contribution in [2.45, 2.75) is 76.2 Å². The highest BCUT2D eigenvalue weighted by Crippen LogP contribution is 2.23. The zero-order chi connectivity index (χ0) is 35.5. The predicted octanol–water partition coefficient (Wildman–Crippen LogP) is 1.51. The molecule has 2 fully saturated rings. The molecular weight excluding hydrogens is 642 g/mol. The Balaban J connectivity index is 1.41. The van der Waals surface area contributed by atoms with Gasteiger partial charge in [0.2, 0.25) is 29.5 Å². The maximum absolute atomic E-state index is 14.3. The van der Waals surface area contributed by atoms with Crippen LogP contribution >= 0.6 is 0 Å². The van der Waals surface area contributed by atoms with Crippen LogP contribution in [0.25, 0.3) is 21.8 Å². The number of para-hydroxylation sites is 2. The highest BCUT2D eigenvalue weighted by atomic mass is 16.4. The van der Waals surface area contributed by atoms with Crippen LogP contribution in [-0.4, -0.2) is 92.2 Å². The maximum atomic E-state index is 14.3. The molecule has 5 atom stereocenters. The minimum Gasteiger partial charge on any atom is -0.481 e. The predicted molar refractivity (Wildman–Crippen MR) is 184 cm³/mol. The molecule has 2 aromatic carbocycles. The molecule has 262 valence electrons. The third-order valence-electron chi connectivity index (χ3n) is 9.54. The number of fused-ring (bicyclic) bond motifs is 3. The molecule has 14 heteroatoms. The smallest absolute Gasteiger partial charge is 0.305 e. The van der Waals surface area contributed by atoms with Crippen molar-refractivity contribution in [3.63, 3.8) is 0 Å². The first kappa shape index (κ1) is 34.2. The number of aliphatic carboxylic acids is 1. The first-order valence-electron chi connectivity index (χ1n) is 16.8. The molecule has 7 N–H and O–H groups in total. The second-order valence-corrected chi connectivity index (χ2v) is 13.3. The summed E-state index contributed by atoms with van der Waals surface area (Å²) in [5, 5.41) is 22.4. The zero-order valence-corrected chi connectivity index (χ0v) is 27.8. The minimum atomic E-state index is -1.51. The van der Waals surface area contributed by atoms with Crippen LogP contribution < -0.4 is 21.3 Å². The number of hydrogen-bond acceptors (Lipinski definition) is 6. The number of nitrogens with one attached hydrogen (secondary N) is 6. The number of aromatic amines is 2. The molecule has 0 bridgehead atoms. The summed E-state index contributed by atoms with van der Waals surface area (Å²) in [6.45, 7) is 3.69. The van der Waals surface area contributed by atoms with Gasteiger partial charge in [0.15, 0.2) is 0 Å². The number of nitrogens with zero attached hydrogens (tertiary/aromatic N) is 1. The van der Waals surface area contributed by atoms with Crippen LogP contribution in [-0.2, 0) is 41.6 Å². The number of amides is 5. The molecule has 0 spiro atoms. The Labute approximate surface area is 287 Å². The van der Waals surface area contributed by atoms with E-state index < -0.39 is 78.1 Å². The van der Waals surface area contributed by atoms with Crippen molar-refractivity contribution in [2.24, 2.45) is 5.92 Å². The largest absolute Gasteiger partial charge is 0.481 e. The van der Waals surface area contributed by atoms with Gasteiger partial charge in [-0.1, -0.05) is 50.2 Å². The van der Waals surface area contributed by atoms with Crippen LogP contribution in [0.5, 0.6) is 0 Å². The van der Waals surface area contributed by atoms with Gasteiger partial charge in [0, 0.05) is 53.6 Å². The Morgan fingerprint density at radius 2 is 1.26 bits per heavy atom. The van der Waals surface area contributed by atoms with Crippen molar-refractivity contribution in [1.82, 2.24) is 36.1 Å². The molecule has 2 saturated heterocycles. The highest BCUT2D eigenvalue weighted by Gasteiger charge is 2.41. The monoisotopic (exact) mass is 683 g/mol. The maximum Gasteiger partial charge on any atom is 0.305 e. The van der Waals surface area contributed by atoms with E-state index in [9.17, 15) is 33.9 Å². The highest BCUT2D eigenvalue weighted by molar-refractivity contribution is 5.99. The normalized spacial score (nSPS) is 23.9. The molecule has 0 unspecified atom stereocenters. The van der Waals surface area contributed by atoms with Gasteiger partial charge in [-0.15, -0.1) is 0 Å². The van der Waals surface area contributed by atoms with Crippen LogP contribution in [0.1, 0.15) is 44.2 Å². The summed E-state index contributed by atoms with van der Waals surface area (Å²) in [7, 11) is 0. The molecule has 6 rings (SSSR count). The summed E-state index contributed by atoms with van der Waals surface area (Å²) < 4.78 is 0. The molecule has 14 nitrogen and oxygen atoms in total. The number of carboxylic acid groups (broad SMARTS) is 1. The molecule has 2 aliphatic rings. The zero-order valence-electron chi connectivity index (χ0n) is 27.8. The summed E-state index contributed by atoms with van der Waals surface area (Å²) in [5.41, 5.74) is 3.10. The summed E-state index contributed by atoms with van der Waals surface area (Å²) in [5.74, 6) is -5.07. The Morgan fingerprint density at radius 1 is 0.740 bits per heavy atom. The third-order valence-corrected chi connectivity index (χ3v) is 9.54. The van der Waals surface area contributed by atoms with E-state index in [4.69, 9.17) is 0 Å². The Hall–Kier alpha value is -5.66. The van der Waals surface area contributed by atoms with E-state index in [-0.39, 0.29) is 19.4 Å². The first-order valence-corrected chi connectivity index (χ1v) is 16.8. The molecule has 0 saturated carbocycles. The van der Waals surface area contributed by atoms with Gasteiger partial charge in [0.1, 0.15) is 30.2 Å². The van der Waals surface area contributed by atoms with Gasteiger partial charge in [-0.25, -0.2) is 0 Å². The third kappa shape index (κ3) is 7.19. The first-order chi connectivity index (χ1) is 24.0. The van der Waals surface area contributed by atoms with E-state index in [1.807, 2.05) is 48.5 Å². The number of benzene rings is 2. The lowest BCUT2D eigenvalue weighted by Crippen LogP contribution is -2.59. The number of hydrogen-bond donors (Lipinski definition) is 7. The van der Waals surface area contributed by atoms with Crippen LogP contribution in [0.4, 0.5) is 0 Å². The molecule has 0 aliphatic carbocycles. The lowest BCUT2D eigenvalue weighted by Gasteiger charge is -2.30. The topological polar surface area (TPSA) is 206 Å². The molecule has 5 amide bonds. The number of carboxylic acids is 1. The van der Waals surface area contributed by atoms with Gasteiger partial charge in [-0.3, -0.25) is 28.8 Å². The minimum absolute atomic E-state index is 0.00960. The number of aromatic nitrogens is 2. The molecule has 2 aromatic heterocycles. The average Bonchev–Trinajstić information content (AvgIpc) is 3.84. The van der Waals surface area contributed by atoms with Gasteiger partial charge in [0.05, 0.1) is 6.42 Å². The van der Waals surface area contributed by atoms with Gasteiger partial charge in [-0.05, 0) is 42.0 Å². The summed E-state index contributed by atoms with van der Waals surface area (Å²) in [6.07, 6.45) is 3.56. The quantitative estimate of drug-likeness (QED) is 0.153.